The largest absolute Gasteiger partial charge is 0.493 e. The van der Waals surface area contributed by atoms with Crippen LogP contribution < -0.4 is 14.8 Å². The van der Waals surface area contributed by atoms with Crippen molar-refractivity contribution in [2.24, 2.45) is 5.92 Å². The van der Waals surface area contributed by atoms with E-state index in [0.717, 1.165) is 34.5 Å². The molecule has 6 heteroatoms. The van der Waals surface area contributed by atoms with Crippen molar-refractivity contribution in [3.63, 3.8) is 0 Å². The predicted molar refractivity (Wildman–Crippen MR) is 104 cm³/mol. The van der Waals surface area contributed by atoms with Gasteiger partial charge in [0.05, 0.1) is 14.2 Å². The maximum Gasteiger partial charge on any atom is 0.161 e. The lowest BCUT2D eigenvalue weighted by atomic mass is 9.88. The molecule has 24 heavy (non-hydrogen) atoms. The van der Waals surface area contributed by atoms with Gasteiger partial charge in [-0.15, -0.1) is 12.4 Å². The molecule has 1 atom stereocenters. The first kappa shape index (κ1) is 19.8. The fourth-order valence-electron chi connectivity index (χ4n) is 3.89. The van der Waals surface area contributed by atoms with Crippen LogP contribution in [-0.4, -0.2) is 44.8 Å². The van der Waals surface area contributed by atoms with E-state index in [1.807, 2.05) is 6.07 Å². The Kier molecular flexibility index (Phi) is 7.66. The normalized spacial score (nSPS) is 22.2. The fraction of sp³-hybridized carbons (Fsp3) is 0.667. The number of rotatable bonds is 5. The third kappa shape index (κ3) is 4.57. The highest BCUT2D eigenvalue weighted by atomic mass is 79.9. The van der Waals surface area contributed by atoms with Gasteiger partial charge in [0.1, 0.15) is 0 Å². The molecule has 2 aliphatic heterocycles. The molecule has 1 aromatic carbocycles. The molecule has 1 N–H and O–H groups in total. The first-order valence-corrected chi connectivity index (χ1v) is 9.36. The first-order valence-electron chi connectivity index (χ1n) is 8.57. The molecule has 1 unspecified atom stereocenters. The summed E-state index contributed by atoms with van der Waals surface area (Å²) in [6.07, 6.45) is 5.33. The predicted octanol–water partition coefficient (Wildman–Crippen LogP) is 3.85. The minimum absolute atomic E-state index is 0. The van der Waals surface area contributed by atoms with E-state index in [1.165, 1.54) is 50.9 Å². The van der Waals surface area contributed by atoms with E-state index in [4.69, 9.17) is 9.47 Å². The summed E-state index contributed by atoms with van der Waals surface area (Å²) in [5.41, 5.74) is 1.26. The van der Waals surface area contributed by atoms with Crippen LogP contribution in [0.3, 0.4) is 0 Å². The average molecular weight is 420 g/mol. The molecule has 136 valence electrons. The lowest BCUT2D eigenvalue weighted by molar-refractivity contribution is 0.157. The molecular formula is C18H28BrClN2O2. The van der Waals surface area contributed by atoms with Gasteiger partial charge in [-0.1, -0.05) is 15.9 Å². The maximum atomic E-state index is 5.43. The third-order valence-electron chi connectivity index (χ3n) is 5.25. The van der Waals surface area contributed by atoms with Crippen molar-refractivity contribution in [2.75, 3.05) is 33.9 Å². The Morgan fingerprint density at radius 3 is 2.38 bits per heavy atom. The average Bonchev–Trinajstić information content (AvgIpc) is 3.11. The van der Waals surface area contributed by atoms with Crippen molar-refractivity contribution >= 4 is 28.3 Å². The molecule has 0 aliphatic carbocycles. The van der Waals surface area contributed by atoms with Gasteiger partial charge in [-0.3, -0.25) is 4.90 Å². The van der Waals surface area contributed by atoms with Crippen molar-refractivity contribution in [1.29, 1.82) is 0 Å². The second-order valence-corrected chi connectivity index (χ2v) is 7.47. The number of nitrogens with zero attached hydrogens (tertiary/aromatic N) is 1. The van der Waals surface area contributed by atoms with Gasteiger partial charge < -0.3 is 14.8 Å². The van der Waals surface area contributed by atoms with Crippen LogP contribution in [0.25, 0.3) is 0 Å². The lowest BCUT2D eigenvalue weighted by Gasteiger charge is -2.35. The number of ether oxygens (including phenoxy) is 2. The lowest BCUT2D eigenvalue weighted by Crippen LogP contribution is -2.40. The van der Waals surface area contributed by atoms with Crippen LogP contribution in [0.2, 0.25) is 0 Å². The summed E-state index contributed by atoms with van der Waals surface area (Å²) in [5.74, 6) is 2.44. The van der Waals surface area contributed by atoms with E-state index in [2.05, 4.69) is 32.2 Å². The topological polar surface area (TPSA) is 33.7 Å². The fourth-order valence-corrected chi connectivity index (χ4v) is 4.33. The highest BCUT2D eigenvalue weighted by Crippen LogP contribution is 2.34. The van der Waals surface area contributed by atoms with Gasteiger partial charge in [0.2, 0.25) is 0 Å². The minimum Gasteiger partial charge on any atom is -0.493 e. The molecule has 3 rings (SSSR count). The standard InChI is InChI=1S/C18H27BrN2O2.ClH/c1-22-17-10-14(15(19)11-18(17)23-2)12-21-8-5-13(6-9-21)16-4-3-7-20-16;/h10-11,13,16,20H,3-9,12H2,1-2H3;1H. The van der Waals surface area contributed by atoms with Crippen LogP contribution in [0.4, 0.5) is 0 Å². The third-order valence-corrected chi connectivity index (χ3v) is 5.98. The van der Waals surface area contributed by atoms with Crippen molar-refractivity contribution < 1.29 is 9.47 Å². The number of benzene rings is 1. The Morgan fingerprint density at radius 1 is 1.12 bits per heavy atom. The van der Waals surface area contributed by atoms with Crippen molar-refractivity contribution in [3.05, 3.63) is 22.2 Å². The zero-order chi connectivity index (χ0) is 16.2. The van der Waals surface area contributed by atoms with E-state index in [-0.39, 0.29) is 12.4 Å². The Labute approximate surface area is 159 Å². The monoisotopic (exact) mass is 418 g/mol. The number of likely N-dealkylation sites (tertiary alicyclic amines) is 1. The molecule has 0 saturated carbocycles. The van der Waals surface area contributed by atoms with Crippen LogP contribution in [0.15, 0.2) is 16.6 Å². The van der Waals surface area contributed by atoms with Crippen molar-refractivity contribution in [1.82, 2.24) is 10.2 Å². The highest BCUT2D eigenvalue weighted by molar-refractivity contribution is 9.10. The number of hydrogen-bond acceptors (Lipinski definition) is 4. The molecule has 4 nitrogen and oxygen atoms in total. The zero-order valence-corrected chi connectivity index (χ0v) is 16.9. The number of hydrogen-bond donors (Lipinski definition) is 1. The molecule has 0 spiro atoms. The van der Waals surface area contributed by atoms with Crippen LogP contribution in [0.1, 0.15) is 31.2 Å². The second-order valence-electron chi connectivity index (χ2n) is 6.62. The molecule has 2 heterocycles. The van der Waals surface area contributed by atoms with Gasteiger partial charge >= 0.3 is 0 Å². The van der Waals surface area contributed by atoms with Crippen molar-refractivity contribution in [3.8, 4) is 11.5 Å². The van der Waals surface area contributed by atoms with E-state index in [9.17, 15) is 0 Å². The minimum atomic E-state index is 0. The summed E-state index contributed by atoms with van der Waals surface area (Å²) >= 11 is 3.67. The van der Waals surface area contributed by atoms with Crippen molar-refractivity contribution in [2.45, 2.75) is 38.3 Å². The quantitative estimate of drug-likeness (QED) is 0.786. The van der Waals surface area contributed by atoms with Gasteiger partial charge in [-0.25, -0.2) is 0 Å². The Bertz CT molecular complexity index is 530. The van der Waals surface area contributed by atoms with Gasteiger partial charge in [0, 0.05) is 17.1 Å². The Hall–Kier alpha value is -0.490. The summed E-state index contributed by atoms with van der Waals surface area (Å²) in [7, 11) is 3.36. The molecule has 0 bridgehead atoms. The molecule has 0 amide bonds. The number of piperidine rings is 1. The maximum absolute atomic E-state index is 5.43. The highest BCUT2D eigenvalue weighted by Gasteiger charge is 2.28. The number of methoxy groups -OCH3 is 2. The van der Waals surface area contributed by atoms with Crippen LogP contribution in [0.5, 0.6) is 11.5 Å². The van der Waals surface area contributed by atoms with Gasteiger partial charge in [0.25, 0.3) is 0 Å². The van der Waals surface area contributed by atoms with E-state index < -0.39 is 0 Å². The molecular weight excluding hydrogens is 392 g/mol. The Balaban J connectivity index is 0.00000208. The molecule has 1 aromatic rings. The van der Waals surface area contributed by atoms with Gasteiger partial charge in [0.15, 0.2) is 11.5 Å². The van der Waals surface area contributed by atoms with E-state index >= 15 is 0 Å². The van der Waals surface area contributed by atoms with Crippen LogP contribution in [-0.2, 0) is 6.54 Å². The summed E-state index contributed by atoms with van der Waals surface area (Å²) in [6, 6.07) is 4.86. The molecule has 2 fully saturated rings. The number of nitrogens with one attached hydrogen (secondary N) is 1. The second kappa shape index (κ2) is 9.27. The summed E-state index contributed by atoms with van der Waals surface area (Å²) in [5, 5.41) is 3.67. The summed E-state index contributed by atoms with van der Waals surface area (Å²) < 4.78 is 11.9. The number of halogens is 2. The zero-order valence-electron chi connectivity index (χ0n) is 14.5. The smallest absolute Gasteiger partial charge is 0.161 e. The first-order chi connectivity index (χ1) is 11.2. The van der Waals surface area contributed by atoms with Gasteiger partial charge in [-0.2, -0.15) is 0 Å². The SMILES string of the molecule is COc1cc(Br)c(CN2CCC(C3CCCN3)CC2)cc1OC.Cl. The summed E-state index contributed by atoms with van der Waals surface area (Å²) in [4.78, 5) is 2.55. The van der Waals surface area contributed by atoms with Gasteiger partial charge in [-0.05, 0) is 68.9 Å². The summed E-state index contributed by atoms with van der Waals surface area (Å²) in [6.45, 7) is 4.54. The van der Waals surface area contributed by atoms with E-state index in [1.54, 1.807) is 14.2 Å². The molecule has 0 aromatic heterocycles. The Morgan fingerprint density at radius 2 is 1.79 bits per heavy atom. The molecule has 2 saturated heterocycles. The molecule has 2 aliphatic rings. The molecule has 0 radical (unpaired) electrons. The van der Waals surface area contributed by atoms with Crippen LogP contribution >= 0.6 is 28.3 Å². The van der Waals surface area contributed by atoms with E-state index in [0.29, 0.717) is 0 Å². The van der Waals surface area contributed by atoms with Crippen LogP contribution in [0, 0.1) is 5.92 Å².